The molecule has 0 atom stereocenters. The van der Waals surface area contributed by atoms with Crippen LogP contribution in [-0.2, 0) is 0 Å². The molecule has 116 valence electrons. The van der Waals surface area contributed by atoms with Crippen LogP contribution in [0.2, 0.25) is 0 Å². The average Bonchev–Trinajstić information content (AvgIpc) is 2.94. The summed E-state index contributed by atoms with van der Waals surface area (Å²) in [5.74, 6) is 0.286. The minimum atomic E-state index is -0.417. The molecule has 0 amide bonds. The fourth-order valence-electron chi connectivity index (χ4n) is 2.06. The number of hydrogen-bond acceptors (Lipinski definition) is 4. The van der Waals surface area contributed by atoms with Crippen molar-refractivity contribution >= 4 is 11.4 Å². The molecule has 23 heavy (non-hydrogen) atoms. The maximum Gasteiger partial charge on any atom is 0.292 e. The molecule has 0 saturated heterocycles. The number of nitrogens with zero attached hydrogens (tertiary/aromatic N) is 2. The lowest BCUT2D eigenvalue weighted by molar-refractivity contribution is 0.415. The molecular weight excluding hydrogens is 299 g/mol. The first-order chi connectivity index (χ1) is 11.2. The van der Waals surface area contributed by atoms with Crippen molar-refractivity contribution < 1.29 is 9.13 Å². The highest BCUT2D eigenvalue weighted by Gasteiger charge is 2.11. The van der Waals surface area contributed by atoms with Crippen LogP contribution in [0.3, 0.4) is 0 Å². The molecule has 0 unspecified atom stereocenters. The Balaban J connectivity index is 1.96. The van der Waals surface area contributed by atoms with Gasteiger partial charge in [-0.1, -0.05) is 6.07 Å². The van der Waals surface area contributed by atoms with Gasteiger partial charge in [0.15, 0.2) is 5.69 Å². The van der Waals surface area contributed by atoms with Crippen molar-refractivity contribution in [1.82, 2.24) is 10.2 Å². The quantitative estimate of drug-likeness (QED) is 0.715. The van der Waals surface area contributed by atoms with Gasteiger partial charge in [-0.05, 0) is 36.4 Å². The zero-order chi connectivity index (χ0) is 16.2. The molecule has 0 fully saturated rings. The Labute approximate surface area is 130 Å². The number of aromatic nitrogens is 2. The average molecular weight is 312 g/mol. The SMILES string of the molecule is COc1ccc(-c2[nH][nH]c(=O)c2N=Nc2cccc(F)c2)cc1. The molecule has 2 N–H and O–H groups in total. The number of hydrogen-bond donors (Lipinski definition) is 2. The Kier molecular flexibility index (Phi) is 4.01. The molecule has 0 aliphatic heterocycles. The van der Waals surface area contributed by atoms with E-state index in [0.717, 1.165) is 5.56 Å². The molecule has 1 heterocycles. The van der Waals surface area contributed by atoms with Crippen LogP contribution in [0, 0.1) is 5.82 Å². The van der Waals surface area contributed by atoms with Crippen LogP contribution in [-0.4, -0.2) is 17.3 Å². The molecule has 1 aromatic heterocycles. The van der Waals surface area contributed by atoms with Crippen molar-refractivity contribution in [3.05, 3.63) is 64.7 Å². The number of H-pyrrole nitrogens is 2. The van der Waals surface area contributed by atoms with E-state index < -0.39 is 11.4 Å². The van der Waals surface area contributed by atoms with Gasteiger partial charge in [-0.3, -0.25) is 15.0 Å². The van der Waals surface area contributed by atoms with E-state index in [1.807, 2.05) is 0 Å². The largest absolute Gasteiger partial charge is 0.497 e. The van der Waals surface area contributed by atoms with Crippen LogP contribution in [0.4, 0.5) is 15.8 Å². The number of halogens is 1. The van der Waals surface area contributed by atoms with Gasteiger partial charge in [-0.2, -0.15) is 5.11 Å². The van der Waals surface area contributed by atoms with Crippen LogP contribution >= 0.6 is 0 Å². The number of rotatable bonds is 4. The van der Waals surface area contributed by atoms with Crippen molar-refractivity contribution in [2.45, 2.75) is 0 Å². The minimum absolute atomic E-state index is 0.124. The Morgan fingerprint density at radius 3 is 2.52 bits per heavy atom. The number of nitrogens with one attached hydrogen (secondary N) is 2. The number of aromatic amines is 2. The van der Waals surface area contributed by atoms with Crippen LogP contribution < -0.4 is 10.3 Å². The predicted molar refractivity (Wildman–Crippen MR) is 84.0 cm³/mol. The van der Waals surface area contributed by atoms with E-state index in [0.29, 0.717) is 17.1 Å². The van der Waals surface area contributed by atoms with Gasteiger partial charge in [-0.25, -0.2) is 4.39 Å². The van der Waals surface area contributed by atoms with Crippen LogP contribution in [0.1, 0.15) is 0 Å². The first kappa shape index (κ1) is 14.7. The predicted octanol–water partition coefficient (Wildman–Crippen LogP) is 3.93. The van der Waals surface area contributed by atoms with Crippen molar-refractivity contribution in [2.75, 3.05) is 7.11 Å². The Hall–Kier alpha value is -3.22. The summed E-state index contributed by atoms with van der Waals surface area (Å²) in [5.41, 5.74) is 1.29. The van der Waals surface area contributed by atoms with E-state index in [-0.39, 0.29) is 5.69 Å². The molecule has 7 heteroatoms. The summed E-state index contributed by atoms with van der Waals surface area (Å²) in [6, 6.07) is 12.8. The van der Waals surface area contributed by atoms with E-state index >= 15 is 0 Å². The van der Waals surface area contributed by atoms with Crippen molar-refractivity contribution in [3.63, 3.8) is 0 Å². The second kappa shape index (κ2) is 6.27. The van der Waals surface area contributed by atoms with Crippen LogP contribution in [0.5, 0.6) is 5.75 Å². The molecular formula is C16H13FN4O2. The molecule has 6 nitrogen and oxygen atoms in total. The van der Waals surface area contributed by atoms with E-state index in [2.05, 4.69) is 20.4 Å². The summed E-state index contributed by atoms with van der Waals surface area (Å²) in [4.78, 5) is 11.9. The fraction of sp³-hybridized carbons (Fsp3) is 0.0625. The third-order valence-corrected chi connectivity index (χ3v) is 3.21. The molecule has 0 saturated carbocycles. The summed E-state index contributed by atoms with van der Waals surface area (Å²) in [6.07, 6.45) is 0. The lowest BCUT2D eigenvalue weighted by Crippen LogP contribution is -1.96. The molecule has 0 aliphatic carbocycles. The van der Waals surface area contributed by atoms with Gasteiger partial charge in [-0.15, -0.1) is 5.11 Å². The van der Waals surface area contributed by atoms with E-state index in [4.69, 9.17) is 4.74 Å². The number of azo groups is 1. The summed E-state index contributed by atoms with van der Waals surface area (Å²) in [7, 11) is 1.58. The highest BCUT2D eigenvalue weighted by Crippen LogP contribution is 2.28. The fourth-order valence-corrected chi connectivity index (χ4v) is 2.06. The van der Waals surface area contributed by atoms with Gasteiger partial charge < -0.3 is 4.74 Å². The van der Waals surface area contributed by atoms with Gasteiger partial charge in [0, 0.05) is 11.6 Å². The Morgan fingerprint density at radius 2 is 1.83 bits per heavy atom. The molecule has 3 rings (SSSR count). The maximum atomic E-state index is 13.1. The molecule has 0 radical (unpaired) electrons. The number of benzene rings is 2. The van der Waals surface area contributed by atoms with E-state index in [9.17, 15) is 9.18 Å². The van der Waals surface area contributed by atoms with Gasteiger partial charge in [0.1, 0.15) is 11.6 Å². The van der Waals surface area contributed by atoms with Crippen LogP contribution in [0.25, 0.3) is 11.3 Å². The lowest BCUT2D eigenvalue weighted by Gasteiger charge is -2.01. The van der Waals surface area contributed by atoms with E-state index in [1.165, 1.54) is 18.2 Å². The minimum Gasteiger partial charge on any atom is -0.497 e. The van der Waals surface area contributed by atoms with Crippen molar-refractivity contribution in [3.8, 4) is 17.0 Å². The highest BCUT2D eigenvalue weighted by atomic mass is 19.1. The zero-order valence-corrected chi connectivity index (χ0v) is 12.2. The first-order valence-electron chi connectivity index (χ1n) is 6.80. The summed E-state index contributed by atoms with van der Waals surface area (Å²) in [5, 5.41) is 13.1. The normalized spacial score (nSPS) is 11.0. The first-order valence-corrected chi connectivity index (χ1v) is 6.80. The Morgan fingerprint density at radius 1 is 1.04 bits per heavy atom. The molecule has 0 bridgehead atoms. The molecule has 0 aliphatic rings. The molecule has 0 spiro atoms. The second-order valence-electron chi connectivity index (χ2n) is 4.71. The third kappa shape index (κ3) is 3.18. The van der Waals surface area contributed by atoms with Gasteiger partial charge in [0.05, 0.1) is 18.5 Å². The summed E-state index contributed by atoms with van der Waals surface area (Å²) >= 11 is 0. The monoisotopic (exact) mass is 312 g/mol. The van der Waals surface area contributed by atoms with Crippen molar-refractivity contribution in [1.29, 1.82) is 0 Å². The summed E-state index contributed by atoms with van der Waals surface area (Å²) < 4.78 is 18.2. The maximum absolute atomic E-state index is 13.1. The van der Waals surface area contributed by atoms with Gasteiger partial charge in [0.25, 0.3) is 5.56 Å². The molecule has 2 aromatic carbocycles. The van der Waals surface area contributed by atoms with E-state index in [1.54, 1.807) is 37.4 Å². The van der Waals surface area contributed by atoms with Crippen LogP contribution in [0.15, 0.2) is 63.6 Å². The second-order valence-corrected chi connectivity index (χ2v) is 4.71. The lowest BCUT2D eigenvalue weighted by atomic mass is 10.1. The molecule has 3 aromatic rings. The number of ether oxygens (including phenoxy) is 1. The van der Waals surface area contributed by atoms with Crippen molar-refractivity contribution in [2.24, 2.45) is 10.2 Å². The van der Waals surface area contributed by atoms with Gasteiger partial charge in [0.2, 0.25) is 0 Å². The summed E-state index contributed by atoms with van der Waals surface area (Å²) in [6.45, 7) is 0. The highest BCUT2D eigenvalue weighted by molar-refractivity contribution is 5.71. The number of methoxy groups -OCH3 is 1. The smallest absolute Gasteiger partial charge is 0.292 e. The standard InChI is InChI=1S/C16H13FN4O2/c1-23-13-7-5-10(6-8-13)14-15(16(22)21-19-14)20-18-12-4-2-3-11(17)9-12/h2-9H,1H3,(H2,19,21,22). The Bertz CT molecular complexity index is 897. The zero-order valence-electron chi connectivity index (χ0n) is 12.2. The third-order valence-electron chi connectivity index (χ3n) is 3.21. The van der Waals surface area contributed by atoms with Gasteiger partial charge >= 0.3 is 0 Å². The topological polar surface area (TPSA) is 82.6 Å².